The van der Waals surface area contributed by atoms with E-state index in [1.54, 1.807) is 10.6 Å². The van der Waals surface area contributed by atoms with E-state index in [4.69, 9.17) is 11.6 Å². The van der Waals surface area contributed by atoms with Gasteiger partial charge in [0.25, 0.3) is 0 Å². The van der Waals surface area contributed by atoms with Crippen molar-refractivity contribution in [3.05, 3.63) is 59.9 Å². The maximum atomic E-state index is 10.5. The molecule has 0 bridgehead atoms. The van der Waals surface area contributed by atoms with Crippen molar-refractivity contribution < 1.29 is 5.11 Å². The monoisotopic (exact) mass is 296 g/mol. The minimum absolute atomic E-state index is 0.209. The molecule has 2 aromatic heterocycles. The Morgan fingerprint density at radius 3 is 2.67 bits per heavy atom. The standard InChI is InChI=1S/C17H13ClN2O/c1-19-7-6-11-3-5-14(9-16(11)19)20-10-12-2-4-13(18)8-15(12)17(20)21/h2-10,21H,1H3. The number of rotatable bonds is 1. The van der Waals surface area contributed by atoms with Crippen LogP contribution in [-0.4, -0.2) is 14.2 Å². The summed E-state index contributed by atoms with van der Waals surface area (Å²) in [5, 5.41) is 14.0. The fourth-order valence-electron chi connectivity index (χ4n) is 2.76. The summed E-state index contributed by atoms with van der Waals surface area (Å²) >= 11 is 6.01. The average molecular weight is 297 g/mol. The Bertz CT molecular complexity index is 981. The van der Waals surface area contributed by atoms with Crippen molar-refractivity contribution in [2.45, 2.75) is 0 Å². The van der Waals surface area contributed by atoms with Crippen LogP contribution in [0, 0.1) is 0 Å². The lowest BCUT2D eigenvalue weighted by molar-refractivity contribution is 0.448. The van der Waals surface area contributed by atoms with Crippen molar-refractivity contribution >= 4 is 33.3 Å². The molecule has 0 saturated carbocycles. The Balaban J connectivity index is 1.99. The second-order valence-corrected chi connectivity index (χ2v) is 5.66. The van der Waals surface area contributed by atoms with E-state index in [9.17, 15) is 5.11 Å². The molecule has 2 aromatic carbocycles. The molecule has 21 heavy (non-hydrogen) atoms. The first-order chi connectivity index (χ1) is 10.1. The van der Waals surface area contributed by atoms with E-state index in [-0.39, 0.29) is 5.88 Å². The van der Waals surface area contributed by atoms with Gasteiger partial charge in [0.1, 0.15) is 0 Å². The molecule has 0 spiro atoms. The molecule has 4 rings (SSSR count). The molecule has 1 N–H and O–H groups in total. The van der Waals surface area contributed by atoms with Crippen LogP contribution in [0.3, 0.4) is 0 Å². The molecule has 104 valence electrons. The van der Waals surface area contributed by atoms with Gasteiger partial charge in [0.05, 0.1) is 5.69 Å². The number of aromatic nitrogens is 2. The summed E-state index contributed by atoms with van der Waals surface area (Å²) in [4.78, 5) is 0. The van der Waals surface area contributed by atoms with Crippen LogP contribution in [0.5, 0.6) is 5.88 Å². The quantitative estimate of drug-likeness (QED) is 0.551. The van der Waals surface area contributed by atoms with Gasteiger partial charge in [-0.3, -0.25) is 4.57 Å². The molecule has 0 amide bonds. The molecule has 3 nitrogen and oxygen atoms in total. The van der Waals surface area contributed by atoms with E-state index in [0.717, 1.165) is 22.0 Å². The summed E-state index contributed by atoms with van der Waals surface area (Å²) in [6.45, 7) is 0. The first-order valence-corrected chi connectivity index (χ1v) is 7.06. The lowest BCUT2D eigenvalue weighted by Gasteiger charge is -2.06. The Morgan fingerprint density at radius 2 is 1.81 bits per heavy atom. The molecule has 0 aliphatic rings. The third kappa shape index (κ3) is 1.82. The van der Waals surface area contributed by atoms with Crippen molar-refractivity contribution in [2.24, 2.45) is 7.05 Å². The van der Waals surface area contributed by atoms with E-state index < -0.39 is 0 Å². The van der Waals surface area contributed by atoms with E-state index >= 15 is 0 Å². The number of hydrogen-bond donors (Lipinski definition) is 1. The lowest BCUT2D eigenvalue weighted by Crippen LogP contribution is -1.92. The van der Waals surface area contributed by atoms with Gasteiger partial charge in [-0.15, -0.1) is 0 Å². The fourth-order valence-corrected chi connectivity index (χ4v) is 2.93. The van der Waals surface area contributed by atoms with Crippen LogP contribution in [0.15, 0.2) is 54.9 Å². The van der Waals surface area contributed by atoms with Gasteiger partial charge >= 0.3 is 0 Å². The van der Waals surface area contributed by atoms with Crippen LogP contribution >= 0.6 is 11.6 Å². The summed E-state index contributed by atoms with van der Waals surface area (Å²) in [5.41, 5.74) is 2.05. The number of aromatic hydroxyl groups is 1. The molecule has 4 aromatic rings. The minimum Gasteiger partial charge on any atom is -0.494 e. The molecule has 0 aliphatic heterocycles. The van der Waals surface area contributed by atoms with Crippen LogP contribution in [0.2, 0.25) is 5.02 Å². The third-order valence-corrected chi connectivity index (χ3v) is 4.14. The first kappa shape index (κ1) is 12.4. The molecular formula is C17H13ClN2O. The van der Waals surface area contributed by atoms with Gasteiger partial charge in [-0.05, 0) is 35.7 Å². The molecule has 0 atom stereocenters. The fraction of sp³-hybridized carbons (Fsp3) is 0.0588. The third-order valence-electron chi connectivity index (χ3n) is 3.90. The Morgan fingerprint density at radius 1 is 1.00 bits per heavy atom. The van der Waals surface area contributed by atoms with Crippen LogP contribution < -0.4 is 0 Å². The number of benzene rings is 2. The van der Waals surface area contributed by atoms with Gasteiger partial charge in [-0.2, -0.15) is 0 Å². The first-order valence-electron chi connectivity index (χ1n) is 6.68. The molecule has 0 unspecified atom stereocenters. The Hall–Kier alpha value is -2.39. The van der Waals surface area contributed by atoms with Gasteiger partial charge < -0.3 is 9.67 Å². The molecule has 0 radical (unpaired) electrons. The summed E-state index contributed by atoms with van der Waals surface area (Å²) in [5.74, 6) is 0.209. The average Bonchev–Trinajstić information content (AvgIpc) is 3.01. The maximum absolute atomic E-state index is 10.5. The second-order valence-electron chi connectivity index (χ2n) is 5.22. The summed E-state index contributed by atoms with van der Waals surface area (Å²) in [6.07, 6.45) is 3.95. The summed E-state index contributed by atoms with van der Waals surface area (Å²) in [6, 6.07) is 13.7. The number of hydrogen-bond acceptors (Lipinski definition) is 1. The highest BCUT2D eigenvalue weighted by Gasteiger charge is 2.11. The zero-order chi connectivity index (χ0) is 14.6. The molecule has 0 fully saturated rings. The van der Waals surface area contributed by atoms with Gasteiger partial charge in [0.2, 0.25) is 5.88 Å². The normalized spacial score (nSPS) is 11.5. The largest absolute Gasteiger partial charge is 0.494 e. The van der Waals surface area contributed by atoms with E-state index in [1.165, 1.54) is 5.39 Å². The predicted octanol–water partition coefficient (Wildman–Crippen LogP) is 4.48. The molecule has 2 heterocycles. The zero-order valence-corrected chi connectivity index (χ0v) is 12.2. The Labute approximate surface area is 126 Å². The number of aryl methyl sites for hydroxylation is 1. The Kier molecular flexibility index (Phi) is 2.53. The minimum atomic E-state index is 0.209. The highest BCUT2D eigenvalue weighted by molar-refractivity contribution is 6.31. The smallest absolute Gasteiger partial charge is 0.203 e. The van der Waals surface area contributed by atoms with Gasteiger partial charge in [-0.25, -0.2) is 0 Å². The van der Waals surface area contributed by atoms with Crippen LogP contribution in [0.1, 0.15) is 0 Å². The number of halogens is 1. The van der Waals surface area contributed by atoms with Crippen LogP contribution in [0.4, 0.5) is 0 Å². The maximum Gasteiger partial charge on any atom is 0.203 e. The molecular weight excluding hydrogens is 284 g/mol. The van der Waals surface area contributed by atoms with Crippen molar-refractivity contribution in [1.29, 1.82) is 0 Å². The van der Waals surface area contributed by atoms with Crippen molar-refractivity contribution in [1.82, 2.24) is 9.13 Å². The topological polar surface area (TPSA) is 30.1 Å². The summed E-state index contributed by atoms with van der Waals surface area (Å²) in [7, 11) is 2.01. The number of fused-ring (bicyclic) bond motifs is 2. The molecule has 0 saturated heterocycles. The van der Waals surface area contributed by atoms with Gasteiger partial charge in [0.15, 0.2) is 0 Å². The van der Waals surface area contributed by atoms with Crippen LogP contribution in [0.25, 0.3) is 27.4 Å². The summed E-state index contributed by atoms with van der Waals surface area (Å²) < 4.78 is 3.85. The van der Waals surface area contributed by atoms with Crippen molar-refractivity contribution in [3.8, 4) is 11.6 Å². The molecule has 4 heteroatoms. The SMILES string of the molecule is Cn1ccc2ccc(-n3cc4ccc(Cl)cc4c3O)cc21. The van der Waals surface area contributed by atoms with Crippen molar-refractivity contribution in [3.63, 3.8) is 0 Å². The highest BCUT2D eigenvalue weighted by atomic mass is 35.5. The second kappa shape index (κ2) is 4.30. The van der Waals surface area contributed by atoms with Gasteiger partial charge in [0, 0.05) is 40.8 Å². The van der Waals surface area contributed by atoms with Crippen LogP contribution in [-0.2, 0) is 7.05 Å². The zero-order valence-electron chi connectivity index (χ0n) is 11.4. The van der Waals surface area contributed by atoms with Gasteiger partial charge in [-0.1, -0.05) is 23.7 Å². The molecule has 0 aliphatic carbocycles. The van der Waals surface area contributed by atoms with E-state index in [0.29, 0.717) is 5.02 Å². The van der Waals surface area contributed by atoms with Crippen molar-refractivity contribution in [2.75, 3.05) is 0 Å². The lowest BCUT2D eigenvalue weighted by atomic mass is 10.2. The van der Waals surface area contributed by atoms with E-state index in [1.807, 2.05) is 37.6 Å². The predicted molar refractivity (Wildman–Crippen MR) is 86.4 cm³/mol. The van der Waals surface area contributed by atoms with E-state index in [2.05, 4.69) is 22.8 Å². The highest BCUT2D eigenvalue weighted by Crippen LogP contribution is 2.32. The number of nitrogens with zero attached hydrogens (tertiary/aromatic N) is 2.